The number of phenolic OH excluding ortho intramolecular Hbond substituents is 3. The molecule has 0 aliphatic carbocycles. The number of ether oxygens (including phenoxy) is 18. The number of aliphatic imine (C=N–C) groups is 3. The fraction of sp³-hybridized carbons (Fsp3) is 0.667. The third kappa shape index (κ3) is 44.0. The molecule has 0 aliphatic rings. The summed E-state index contributed by atoms with van der Waals surface area (Å²) in [4.78, 5) is 16.0. The fourth-order valence-corrected chi connectivity index (χ4v) is 7.47. The van der Waals surface area contributed by atoms with E-state index in [0.717, 1.165) is 0 Å². The van der Waals surface area contributed by atoms with E-state index in [9.17, 15) is 15.3 Å². The average Bonchev–Trinajstić information content (AvgIpc) is 3.21. The van der Waals surface area contributed by atoms with Crippen molar-refractivity contribution >= 4 is 18.6 Å². The number of nitrogens with zero attached hydrogens (tertiary/aromatic N) is 4. The van der Waals surface area contributed by atoms with Gasteiger partial charge in [0.15, 0.2) is 34.5 Å². The highest BCUT2D eigenvalue weighted by atomic mass is 16.6. The Morgan fingerprint density at radius 3 is 0.648 bits per heavy atom. The lowest BCUT2D eigenvalue weighted by atomic mass is 10.2. The first-order valence-corrected chi connectivity index (χ1v) is 31.0. The second kappa shape index (κ2) is 59.7. The standard InChI is InChI=1S/C63H102N4O24/c68-16-19-74-22-25-77-28-31-80-34-37-83-40-43-86-46-49-89-58-7-1-4-55(61(58)71)52-64-10-13-67(14-11-65-53-56-5-2-8-59(62(56)72)90-50-47-87-44-41-84-38-35-81-32-29-78-26-23-75-20-17-69)15-12-66-54-57-6-3-9-60(63(57)73)91-51-48-88-45-42-85-39-36-82-33-30-79-27-24-76-21-18-70/h1-9,52-54,68-73H,10-51H2. The summed E-state index contributed by atoms with van der Waals surface area (Å²) in [7, 11) is 0. The van der Waals surface area contributed by atoms with Gasteiger partial charge in [0.05, 0.1) is 238 Å². The van der Waals surface area contributed by atoms with Crippen LogP contribution in [0.1, 0.15) is 16.7 Å². The number of hydrogen-bond donors (Lipinski definition) is 6. The van der Waals surface area contributed by atoms with Crippen LogP contribution in [-0.4, -0.2) is 331 Å². The summed E-state index contributed by atoms with van der Waals surface area (Å²) in [6.45, 7) is 15.2. The molecule has 0 fully saturated rings. The van der Waals surface area contributed by atoms with Crippen molar-refractivity contribution in [2.75, 3.05) is 277 Å². The average molecular weight is 1300 g/mol. The molecule has 0 saturated heterocycles. The zero-order valence-corrected chi connectivity index (χ0v) is 52.9. The molecule has 0 heterocycles. The Labute approximate surface area is 535 Å². The Balaban J connectivity index is 1.43. The Morgan fingerprint density at radius 1 is 0.264 bits per heavy atom. The Hall–Kier alpha value is -5.29. The van der Waals surface area contributed by atoms with Gasteiger partial charge in [0.25, 0.3) is 0 Å². The van der Waals surface area contributed by atoms with Gasteiger partial charge in [-0.15, -0.1) is 0 Å². The van der Waals surface area contributed by atoms with Crippen LogP contribution in [0.5, 0.6) is 34.5 Å². The van der Waals surface area contributed by atoms with Crippen molar-refractivity contribution in [1.82, 2.24) is 4.90 Å². The summed E-state index contributed by atoms with van der Waals surface area (Å²) in [5, 5.41) is 59.2. The smallest absolute Gasteiger partial charge is 0.166 e. The van der Waals surface area contributed by atoms with Crippen LogP contribution in [0.2, 0.25) is 0 Å². The van der Waals surface area contributed by atoms with Crippen LogP contribution in [0.4, 0.5) is 0 Å². The number of aromatic hydroxyl groups is 3. The maximum atomic E-state index is 11.0. The number of rotatable bonds is 66. The zero-order chi connectivity index (χ0) is 64.8. The highest BCUT2D eigenvalue weighted by Gasteiger charge is 2.11. The van der Waals surface area contributed by atoms with Gasteiger partial charge in [0.2, 0.25) is 0 Å². The van der Waals surface area contributed by atoms with Crippen molar-refractivity contribution in [2.24, 2.45) is 15.0 Å². The molecule has 3 aromatic carbocycles. The van der Waals surface area contributed by atoms with Gasteiger partial charge in [-0.05, 0) is 36.4 Å². The van der Waals surface area contributed by atoms with E-state index >= 15 is 0 Å². The fourth-order valence-electron chi connectivity index (χ4n) is 7.47. The van der Waals surface area contributed by atoms with Crippen molar-refractivity contribution in [3.8, 4) is 34.5 Å². The molecule has 0 unspecified atom stereocenters. The SMILES string of the molecule is OCCOCCOCCOCCOCCOCCOc1cccc(C=NCCN(CCN=Cc2cccc(OCCOCCOCCOCCOCCOCCO)c2O)CCN=Cc2cccc(OCCOCCOCCOCCOCCOCCO)c2O)c1O. The van der Waals surface area contributed by atoms with Crippen molar-refractivity contribution in [2.45, 2.75) is 0 Å². The van der Waals surface area contributed by atoms with Gasteiger partial charge < -0.3 is 116 Å². The predicted molar refractivity (Wildman–Crippen MR) is 338 cm³/mol. The van der Waals surface area contributed by atoms with E-state index < -0.39 is 0 Å². The summed E-state index contributed by atoms with van der Waals surface area (Å²) in [5.74, 6) is 0.789. The Kier molecular flexibility index (Phi) is 52.5. The molecule has 0 aromatic heterocycles. The molecule has 0 bridgehead atoms. The van der Waals surface area contributed by atoms with Crippen molar-refractivity contribution in [3.63, 3.8) is 0 Å². The normalized spacial score (nSPS) is 11.9. The molecule has 28 nitrogen and oxygen atoms in total. The quantitative estimate of drug-likeness (QED) is 0.0348. The first kappa shape index (κ1) is 79.9. The molecule has 0 atom stereocenters. The van der Waals surface area contributed by atoms with E-state index in [1.165, 1.54) is 0 Å². The van der Waals surface area contributed by atoms with Gasteiger partial charge in [-0.3, -0.25) is 19.9 Å². The topological polar surface area (TPSA) is 328 Å². The summed E-state index contributed by atoms with van der Waals surface area (Å²) in [6, 6.07) is 15.6. The van der Waals surface area contributed by atoms with E-state index in [1.54, 1.807) is 73.2 Å². The summed E-state index contributed by atoms with van der Waals surface area (Å²) in [5.41, 5.74) is 1.48. The molecule has 91 heavy (non-hydrogen) atoms. The number of hydrogen-bond acceptors (Lipinski definition) is 28. The van der Waals surface area contributed by atoms with Crippen LogP contribution in [0.25, 0.3) is 0 Å². The maximum absolute atomic E-state index is 11.0. The molecule has 0 radical (unpaired) electrons. The molecule has 3 rings (SSSR count). The van der Waals surface area contributed by atoms with Crippen molar-refractivity contribution < 1.29 is 116 Å². The monoisotopic (exact) mass is 1300 g/mol. The number of phenols is 3. The molecular formula is C63H102N4O24. The first-order valence-electron chi connectivity index (χ1n) is 31.0. The molecule has 0 amide bonds. The molecule has 518 valence electrons. The molecule has 0 spiro atoms. The highest BCUT2D eigenvalue weighted by Crippen LogP contribution is 2.30. The predicted octanol–water partition coefficient (Wildman–Crippen LogP) is 2.12. The van der Waals surface area contributed by atoms with E-state index in [-0.39, 0.29) is 56.9 Å². The zero-order valence-electron chi connectivity index (χ0n) is 52.9. The minimum absolute atomic E-state index is 0.0105. The summed E-state index contributed by atoms with van der Waals surface area (Å²) >= 11 is 0. The lowest BCUT2D eigenvalue weighted by molar-refractivity contribution is -0.0147. The van der Waals surface area contributed by atoms with Gasteiger partial charge in [-0.25, -0.2) is 0 Å². The minimum Gasteiger partial charge on any atom is -0.504 e. The van der Waals surface area contributed by atoms with Gasteiger partial charge in [0, 0.05) is 55.0 Å². The number of aliphatic hydroxyl groups is 3. The summed E-state index contributed by atoms with van der Waals surface area (Å²) in [6.07, 6.45) is 4.82. The minimum atomic E-state index is -0.0397. The van der Waals surface area contributed by atoms with E-state index in [1.807, 2.05) is 0 Å². The third-order valence-electron chi connectivity index (χ3n) is 12.0. The molecule has 28 heteroatoms. The van der Waals surface area contributed by atoms with Crippen LogP contribution >= 0.6 is 0 Å². The van der Waals surface area contributed by atoms with Gasteiger partial charge in [0.1, 0.15) is 19.8 Å². The van der Waals surface area contributed by atoms with Crippen molar-refractivity contribution in [1.29, 1.82) is 0 Å². The lowest BCUT2D eigenvalue weighted by Crippen LogP contribution is -2.31. The van der Waals surface area contributed by atoms with Crippen LogP contribution < -0.4 is 14.2 Å². The number of aliphatic hydroxyl groups excluding tert-OH is 3. The van der Waals surface area contributed by atoms with Crippen LogP contribution in [0.15, 0.2) is 69.6 Å². The number of para-hydroxylation sites is 3. The Bertz CT molecular complexity index is 2000. The van der Waals surface area contributed by atoms with Crippen LogP contribution in [0.3, 0.4) is 0 Å². The van der Waals surface area contributed by atoms with E-state index in [4.69, 9.17) is 101 Å². The van der Waals surface area contributed by atoms with E-state index in [2.05, 4.69) is 19.9 Å². The van der Waals surface area contributed by atoms with Gasteiger partial charge in [-0.1, -0.05) is 18.2 Å². The molecule has 0 saturated carbocycles. The van der Waals surface area contributed by atoms with Gasteiger partial charge in [-0.2, -0.15) is 0 Å². The molecule has 3 aromatic rings. The second-order valence-electron chi connectivity index (χ2n) is 18.9. The van der Waals surface area contributed by atoms with Crippen molar-refractivity contribution in [3.05, 3.63) is 71.3 Å². The van der Waals surface area contributed by atoms with E-state index in [0.29, 0.717) is 271 Å². The van der Waals surface area contributed by atoms with Crippen LogP contribution in [0, 0.1) is 0 Å². The molecule has 6 N–H and O–H groups in total. The largest absolute Gasteiger partial charge is 0.504 e. The second-order valence-corrected chi connectivity index (χ2v) is 18.9. The molecular weight excluding hydrogens is 1200 g/mol. The number of benzene rings is 3. The Morgan fingerprint density at radius 2 is 0.451 bits per heavy atom. The highest BCUT2D eigenvalue weighted by molar-refractivity contribution is 5.86. The molecule has 0 aliphatic heterocycles. The summed E-state index contributed by atoms with van der Waals surface area (Å²) < 4.78 is 98.9. The third-order valence-corrected chi connectivity index (χ3v) is 12.0. The maximum Gasteiger partial charge on any atom is 0.166 e. The van der Waals surface area contributed by atoms with Gasteiger partial charge >= 0.3 is 0 Å². The first-order chi connectivity index (χ1) is 45.0. The van der Waals surface area contributed by atoms with Crippen LogP contribution in [-0.2, 0) is 71.1 Å². The lowest BCUT2D eigenvalue weighted by Gasteiger charge is -2.19.